The van der Waals surface area contributed by atoms with Gasteiger partial charge >= 0.3 is 21.5 Å². The van der Waals surface area contributed by atoms with Crippen LogP contribution in [0.15, 0.2) is 22.4 Å². The molecule has 10 nitrogen and oxygen atoms in total. The summed E-state index contributed by atoms with van der Waals surface area (Å²) in [5, 5.41) is 15.4. The van der Waals surface area contributed by atoms with E-state index in [2.05, 4.69) is 20.4 Å². The van der Waals surface area contributed by atoms with Crippen LogP contribution in [0.4, 0.5) is 35.4 Å². The topological polar surface area (TPSA) is 126 Å². The van der Waals surface area contributed by atoms with Crippen LogP contribution in [0.2, 0.25) is 0 Å². The van der Waals surface area contributed by atoms with Gasteiger partial charge in [-0.05, 0) is 62.1 Å². The summed E-state index contributed by atoms with van der Waals surface area (Å²) in [6.07, 6.45) is 4.88. The first-order valence-corrected chi connectivity index (χ1v) is 14.2. The highest BCUT2D eigenvalue weighted by atomic mass is 32.2. The zero-order chi connectivity index (χ0) is 26.8. The molecular formula is C22H27F3N6O4S2. The SMILES string of the molecule is CC(C)CN1CCCc2cc(N=Nc3nnc(C(=O)OC4CCCC4)s3)c(NS(=O)(=O)C(F)(F)F)cc21. The van der Waals surface area contributed by atoms with Gasteiger partial charge in [-0.2, -0.15) is 21.6 Å². The van der Waals surface area contributed by atoms with Crippen molar-refractivity contribution in [2.75, 3.05) is 22.7 Å². The van der Waals surface area contributed by atoms with Crippen LogP contribution < -0.4 is 9.62 Å². The Morgan fingerprint density at radius 3 is 2.62 bits per heavy atom. The molecule has 1 aromatic carbocycles. The normalized spacial score (nSPS) is 17.0. The van der Waals surface area contributed by atoms with Crippen LogP contribution in [0.1, 0.15) is 61.3 Å². The van der Waals surface area contributed by atoms with Crippen LogP contribution in [-0.4, -0.2) is 49.3 Å². The molecule has 37 heavy (non-hydrogen) atoms. The molecule has 1 aromatic heterocycles. The molecule has 0 amide bonds. The second kappa shape index (κ2) is 10.9. The number of benzene rings is 1. The van der Waals surface area contributed by atoms with Gasteiger partial charge in [0.1, 0.15) is 11.8 Å². The van der Waals surface area contributed by atoms with Crippen molar-refractivity contribution in [3.05, 3.63) is 22.7 Å². The van der Waals surface area contributed by atoms with Crippen molar-refractivity contribution in [1.82, 2.24) is 10.2 Å². The molecule has 1 aliphatic heterocycles. The van der Waals surface area contributed by atoms with Crippen molar-refractivity contribution < 1.29 is 31.1 Å². The maximum atomic E-state index is 13.1. The zero-order valence-electron chi connectivity index (χ0n) is 20.3. The van der Waals surface area contributed by atoms with Gasteiger partial charge in [0.2, 0.25) is 5.01 Å². The van der Waals surface area contributed by atoms with E-state index >= 15 is 0 Å². The number of sulfonamides is 1. The van der Waals surface area contributed by atoms with E-state index in [4.69, 9.17) is 4.74 Å². The van der Waals surface area contributed by atoms with Gasteiger partial charge in [-0.15, -0.1) is 20.4 Å². The first kappa shape index (κ1) is 27.2. The molecule has 0 saturated heterocycles. The van der Waals surface area contributed by atoms with Crippen molar-refractivity contribution >= 4 is 49.5 Å². The highest BCUT2D eigenvalue weighted by Crippen LogP contribution is 2.40. The summed E-state index contributed by atoms with van der Waals surface area (Å²) in [5.74, 6) is -0.337. The maximum Gasteiger partial charge on any atom is 0.516 e. The number of halogens is 3. The molecule has 2 heterocycles. The number of ether oxygens (including phenoxy) is 1. The van der Waals surface area contributed by atoms with Gasteiger partial charge < -0.3 is 9.64 Å². The van der Waals surface area contributed by atoms with Crippen LogP contribution in [0.3, 0.4) is 0 Å². The Bertz CT molecular complexity index is 1270. The summed E-state index contributed by atoms with van der Waals surface area (Å²) in [4.78, 5) is 14.3. The molecule has 202 valence electrons. The van der Waals surface area contributed by atoms with Crippen molar-refractivity contribution in [2.24, 2.45) is 16.1 Å². The Morgan fingerprint density at radius 2 is 1.95 bits per heavy atom. The highest BCUT2D eigenvalue weighted by Gasteiger charge is 2.46. The first-order chi connectivity index (χ1) is 17.4. The largest absolute Gasteiger partial charge is 0.516 e. The van der Waals surface area contributed by atoms with Gasteiger partial charge in [-0.1, -0.05) is 25.2 Å². The number of fused-ring (bicyclic) bond motifs is 1. The van der Waals surface area contributed by atoms with Gasteiger partial charge in [0, 0.05) is 18.8 Å². The Balaban J connectivity index is 1.63. The molecule has 1 fully saturated rings. The quantitative estimate of drug-likeness (QED) is 0.323. The summed E-state index contributed by atoms with van der Waals surface area (Å²) >= 11 is 0.819. The van der Waals surface area contributed by atoms with Gasteiger partial charge in [0.15, 0.2) is 0 Å². The molecule has 0 spiro atoms. The number of hydrogen-bond donors (Lipinski definition) is 1. The number of rotatable bonds is 8. The lowest BCUT2D eigenvalue weighted by atomic mass is 9.99. The molecule has 0 bridgehead atoms. The average molecular weight is 561 g/mol. The van der Waals surface area contributed by atoms with Crippen molar-refractivity contribution in [1.29, 1.82) is 0 Å². The van der Waals surface area contributed by atoms with Crippen LogP contribution in [0.25, 0.3) is 0 Å². The number of aryl methyl sites for hydroxylation is 1. The summed E-state index contributed by atoms with van der Waals surface area (Å²) in [6.45, 7) is 5.39. The van der Waals surface area contributed by atoms with Crippen LogP contribution in [0, 0.1) is 5.92 Å². The van der Waals surface area contributed by atoms with Crippen LogP contribution in [-0.2, 0) is 21.2 Å². The standard InChI is InChI=1S/C22H27F3N6O4S2/c1-13(2)12-31-9-5-6-14-10-16(17(11-18(14)31)30-37(33,34)22(23,24)25)26-28-21-29-27-19(36-21)20(32)35-15-7-3-4-8-15/h10-11,13,15,30H,3-9,12H2,1-2H3. The van der Waals surface area contributed by atoms with Crippen LogP contribution in [0.5, 0.6) is 0 Å². The van der Waals surface area contributed by atoms with E-state index in [1.54, 1.807) is 4.72 Å². The first-order valence-electron chi connectivity index (χ1n) is 11.9. The fourth-order valence-corrected chi connectivity index (χ4v) is 5.45. The number of anilines is 2. The van der Waals surface area contributed by atoms with E-state index < -0.39 is 21.5 Å². The summed E-state index contributed by atoms with van der Waals surface area (Å²) < 4.78 is 70.2. The van der Waals surface area contributed by atoms with Gasteiger partial charge in [-0.3, -0.25) is 4.72 Å². The van der Waals surface area contributed by atoms with Crippen molar-refractivity contribution in [3.8, 4) is 0 Å². The second-order valence-corrected chi connectivity index (χ2v) is 12.0. The molecule has 1 saturated carbocycles. The minimum atomic E-state index is -5.70. The Kier molecular flexibility index (Phi) is 8.02. The molecule has 1 aliphatic carbocycles. The molecule has 0 radical (unpaired) electrons. The van der Waals surface area contributed by atoms with E-state index in [1.807, 2.05) is 18.7 Å². The van der Waals surface area contributed by atoms with E-state index in [1.165, 1.54) is 12.1 Å². The smallest absolute Gasteiger partial charge is 0.457 e. The third kappa shape index (κ3) is 6.55. The molecule has 2 aromatic rings. The van der Waals surface area contributed by atoms with Gasteiger partial charge in [-0.25, -0.2) is 4.79 Å². The number of hydrogen-bond acceptors (Lipinski definition) is 10. The lowest BCUT2D eigenvalue weighted by molar-refractivity contribution is -0.0429. The molecule has 4 rings (SSSR count). The molecule has 15 heteroatoms. The fourth-order valence-electron chi connectivity index (χ4n) is 4.34. The summed E-state index contributed by atoms with van der Waals surface area (Å²) in [7, 11) is -5.70. The highest BCUT2D eigenvalue weighted by molar-refractivity contribution is 7.93. The number of carbonyl (C=O) groups excluding carboxylic acids is 1. The molecular weight excluding hydrogens is 533 g/mol. The average Bonchev–Trinajstić information content (AvgIpc) is 3.49. The number of aromatic nitrogens is 2. The number of nitrogens with one attached hydrogen (secondary N) is 1. The molecule has 0 unspecified atom stereocenters. The van der Waals surface area contributed by atoms with Gasteiger partial charge in [0.25, 0.3) is 5.13 Å². The number of esters is 1. The molecule has 0 atom stereocenters. The Labute approximate surface area is 216 Å². The predicted octanol–water partition coefficient (Wildman–Crippen LogP) is 5.72. The number of nitrogens with zero attached hydrogens (tertiary/aromatic N) is 5. The number of carbonyl (C=O) groups is 1. The lowest BCUT2D eigenvalue weighted by Crippen LogP contribution is -2.33. The zero-order valence-corrected chi connectivity index (χ0v) is 21.9. The Hall–Kier alpha value is -2.81. The maximum absolute atomic E-state index is 13.1. The van der Waals surface area contributed by atoms with E-state index in [0.29, 0.717) is 25.2 Å². The monoisotopic (exact) mass is 560 g/mol. The van der Waals surface area contributed by atoms with Crippen molar-refractivity contribution in [3.63, 3.8) is 0 Å². The third-order valence-corrected chi connectivity index (χ3v) is 7.84. The van der Waals surface area contributed by atoms with E-state index in [0.717, 1.165) is 49.0 Å². The van der Waals surface area contributed by atoms with E-state index in [9.17, 15) is 26.4 Å². The summed E-state index contributed by atoms with van der Waals surface area (Å²) in [6, 6.07) is 2.88. The Morgan fingerprint density at radius 1 is 1.22 bits per heavy atom. The minimum absolute atomic E-state index is 0.0198. The fraction of sp³-hybridized carbons (Fsp3) is 0.591. The summed E-state index contributed by atoms with van der Waals surface area (Å²) in [5.41, 5.74) is -4.52. The molecule has 1 N–H and O–H groups in total. The van der Waals surface area contributed by atoms with Crippen molar-refractivity contribution in [2.45, 2.75) is 64.0 Å². The lowest BCUT2D eigenvalue weighted by Gasteiger charge is -2.33. The number of alkyl halides is 3. The number of azo groups is 1. The minimum Gasteiger partial charge on any atom is -0.457 e. The second-order valence-electron chi connectivity index (χ2n) is 9.39. The molecule has 2 aliphatic rings. The van der Waals surface area contributed by atoms with E-state index in [-0.39, 0.29) is 33.5 Å². The third-order valence-electron chi connectivity index (χ3n) is 5.95. The van der Waals surface area contributed by atoms with Crippen LogP contribution >= 0.6 is 11.3 Å². The predicted molar refractivity (Wildman–Crippen MR) is 132 cm³/mol. The van der Waals surface area contributed by atoms with Gasteiger partial charge in [0.05, 0.1) is 5.69 Å².